The van der Waals surface area contributed by atoms with Gasteiger partial charge >= 0.3 is 0 Å². The molecule has 0 saturated carbocycles. The first-order valence-corrected chi connectivity index (χ1v) is 7.29. The van der Waals surface area contributed by atoms with E-state index in [-0.39, 0.29) is 18.4 Å². The van der Waals surface area contributed by atoms with Crippen LogP contribution >= 0.6 is 11.3 Å². The van der Waals surface area contributed by atoms with Crippen LogP contribution in [-0.2, 0) is 9.59 Å². The summed E-state index contributed by atoms with van der Waals surface area (Å²) in [5, 5.41) is 8.50. The van der Waals surface area contributed by atoms with E-state index < -0.39 is 17.9 Å². The number of primary amides is 1. The van der Waals surface area contributed by atoms with Crippen LogP contribution in [0.4, 0.5) is 0 Å². The average molecular weight is 297 g/mol. The highest BCUT2D eigenvalue weighted by Crippen LogP contribution is 2.07. The largest absolute Gasteiger partial charge is 0.368 e. The number of rotatable bonds is 7. The second-order valence-corrected chi connectivity index (χ2v) is 5.31. The van der Waals surface area contributed by atoms with Gasteiger partial charge < -0.3 is 16.4 Å². The number of hydrogen-bond acceptors (Lipinski definition) is 4. The molecule has 0 spiro atoms. The van der Waals surface area contributed by atoms with Crippen LogP contribution in [0.25, 0.3) is 0 Å². The molecule has 0 aliphatic heterocycles. The van der Waals surface area contributed by atoms with Crippen molar-refractivity contribution in [3.05, 3.63) is 22.4 Å². The number of hydrogen-bond donors (Lipinski definition) is 3. The monoisotopic (exact) mass is 297 g/mol. The summed E-state index contributed by atoms with van der Waals surface area (Å²) in [6.07, 6.45) is 0.717. The van der Waals surface area contributed by atoms with Crippen molar-refractivity contribution in [1.29, 1.82) is 0 Å². The minimum atomic E-state index is -0.717. The lowest BCUT2D eigenvalue weighted by atomic mass is 9.98. The molecule has 110 valence electrons. The maximum Gasteiger partial charge on any atom is 0.252 e. The van der Waals surface area contributed by atoms with Crippen molar-refractivity contribution in [1.82, 2.24) is 10.6 Å². The Morgan fingerprint density at radius 3 is 2.60 bits per heavy atom. The first kappa shape index (κ1) is 16.2. The quantitative estimate of drug-likeness (QED) is 0.683. The van der Waals surface area contributed by atoms with E-state index in [1.807, 2.05) is 13.8 Å². The van der Waals surface area contributed by atoms with E-state index in [4.69, 9.17) is 5.73 Å². The molecular formula is C13H19N3O3S. The Morgan fingerprint density at radius 1 is 1.40 bits per heavy atom. The van der Waals surface area contributed by atoms with Crippen molar-refractivity contribution in [3.8, 4) is 0 Å². The third-order valence-electron chi connectivity index (χ3n) is 3.03. The van der Waals surface area contributed by atoms with Gasteiger partial charge in [0.1, 0.15) is 6.04 Å². The highest BCUT2D eigenvalue weighted by molar-refractivity contribution is 7.08. The average Bonchev–Trinajstić information content (AvgIpc) is 2.95. The summed E-state index contributed by atoms with van der Waals surface area (Å²) in [7, 11) is 0. The van der Waals surface area contributed by atoms with Crippen LogP contribution in [0.15, 0.2) is 16.8 Å². The summed E-state index contributed by atoms with van der Waals surface area (Å²) in [5.41, 5.74) is 5.77. The van der Waals surface area contributed by atoms with Gasteiger partial charge in [-0.05, 0) is 17.4 Å². The Hall–Kier alpha value is -1.89. The Labute approximate surface area is 121 Å². The molecule has 1 unspecified atom stereocenters. The predicted molar refractivity (Wildman–Crippen MR) is 77.2 cm³/mol. The number of carbonyl (C=O) groups is 3. The summed E-state index contributed by atoms with van der Waals surface area (Å²) in [5.74, 6) is -1.38. The SMILES string of the molecule is CCC(C)[C@H](NC(=O)CNC(=O)c1ccsc1)C(N)=O. The normalized spacial score (nSPS) is 13.3. The van der Waals surface area contributed by atoms with Crippen molar-refractivity contribution in [2.24, 2.45) is 11.7 Å². The van der Waals surface area contributed by atoms with Crippen molar-refractivity contribution in [3.63, 3.8) is 0 Å². The van der Waals surface area contributed by atoms with Gasteiger partial charge in [0.25, 0.3) is 5.91 Å². The van der Waals surface area contributed by atoms with Crippen molar-refractivity contribution in [2.45, 2.75) is 26.3 Å². The number of thiophene rings is 1. The fourth-order valence-corrected chi connectivity index (χ4v) is 2.25. The lowest BCUT2D eigenvalue weighted by Crippen LogP contribution is -2.50. The van der Waals surface area contributed by atoms with Crippen LogP contribution in [0, 0.1) is 5.92 Å². The Bertz CT molecular complexity index is 473. The molecule has 3 amide bonds. The van der Waals surface area contributed by atoms with Gasteiger partial charge in [0.2, 0.25) is 11.8 Å². The van der Waals surface area contributed by atoms with Crippen molar-refractivity contribution >= 4 is 29.1 Å². The van der Waals surface area contributed by atoms with Crippen molar-refractivity contribution in [2.75, 3.05) is 6.54 Å². The van der Waals surface area contributed by atoms with E-state index in [0.29, 0.717) is 5.56 Å². The van der Waals surface area contributed by atoms with E-state index in [1.165, 1.54) is 11.3 Å². The second-order valence-electron chi connectivity index (χ2n) is 4.53. The smallest absolute Gasteiger partial charge is 0.252 e. The molecule has 2 atom stereocenters. The molecule has 4 N–H and O–H groups in total. The molecule has 1 aromatic heterocycles. The van der Waals surface area contributed by atoms with Gasteiger partial charge in [0.15, 0.2) is 0 Å². The fraction of sp³-hybridized carbons (Fsp3) is 0.462. The van der Waals surface area contributed by atoms with Crippen molar-refractivity contribution < 1.29 is 14.4 Å². The third-order valence-corrected chi connectivity index (χ3v) is 3.71. The van der Waals surface area contributed by atoms with Gasteiger partial charge in [-0.3, -0.25) is 14.4 Å². The summed E-state index contributed by atoms with van der Waals surface area (Å²) in [4.78, 5) is 34.6. The number of amides is 3. The number of nitrogens with two attached hydrogens (primary N) is 1. The van der Waals surface area contributed by atoms with Gasteiger partial charge in [-0.1, -0.05) is 20.3 Å². The van der Waals surface area contributed by atoms with Crippen LogP contribution in [0.1, 0.15) is 30.6 Å². The molecule has 6 nitrogen and oxygen atoms in total. The van der Waals surface area contributed by atoms with Gasteiger partial charge in [0, 0.05) is 10.9 Å². The van der Waals surface area contributed by atoms with Crippen LogP contribution in [0.3, 0.4) is 0 Å². The zero-order valence-electron chi connectivity index (χ0n) is 11.5. The maximum absolute atomic E-state index is 11.7. The molecule has 0 aromatic carbocycles. The summed E-state index contributed by atoms with van der Waals surface area (Å²) in [6, 6.07) is 0.953. The van der Waals surface area contributed by atoms with Gasteiger partial charge in [-0.15, -0.1) is 0 Å². The van der Waals surface area contributed by atoms with E-state index in [2.05, 4.69) is 10.6 Å². The van der Waals surface area contributed by atoms with Gasteiger partial charge in [-0.2, -0.15) is 11.3 Å². The maximum atomic E-state index is 11.7. The summed E-state index contributed by atoms with van der Waals surface area (Å²) in [6.45, 7) is 3.56. The fourth-order valence-electron chi connectivity index (χ4n) is 1.61. The Morgan fingerprint density at radius 2 is 2.10 bits per heavy atom. The van der Waals surface area contributed by atoms with Crippen LogP contribution in [0.5, 0.6) is 0 Å². The highest BCUT2D eigenvalue weighted by Gasteiger charge is 2.23. The van der Waals surface area contributed by atoms with E-state index in [9.17, 15) is 14.4 Å². The molecule has 0 radical (unpaired) electrons. The molecule has 1 rings (SSSR count). The van der Waals surface area contributed by atoms with Gasteiger partial charge in [0.05, 0.1) is 6.54 Å². The molecule has 0 aliphatic carbocycles. The summed E-state index contributed by atoms with van der Waals surface area (Å²) >= 11 is 1.40. The minimum absolute atomic E-state index is 0.0518. The molecule has 0 bridgehead atoms. The van der Waals surface area contributed by atoms with E-state index in [0.717, 1.165) is 6.42 Å². The lowest BCUT2D eigenvalue weighted by molar-refractivity contribution is -0.127. The van der Waals surface area contributed by atoms with Crippen LogP contribution in [-0.4, -0.2) is 30.3 Å². The zero-order chi connectivity index (χ0) is 15.1. The lowest BCUT2D eigenvalue weighted by Gasteiger charge is -2.21. The molecule has 0 saturated heterocycles. The van der Waals surface area contributed by atoms with E-state index >= 15 is 0 Å². The standard InChI is InChI=1S/C13H19N3O3S/c1-3-8(2)11(12(14)18)16-10(17)6-15-13(19)9-4-5-20-7-9/h4-5,7-8,11H,3,6H2,1-2H3,(H2,14,18)(H,15,19)(H,16,17)/t8?,11-/m0/s1. The zero-order valence-corrected chi connectivity index (χ0v) is 12.3. The van der Waals surface area contributed by atoms with Crippen LogP contribution in [0.2, 0.25) is 0 Å². The van der Waals surface area contributed by atoms with Crippen LogP contribution < -0.4 is 16.4 Å². The van der Waals surface area contributed by atoms with E-state index in [1.54, 1.807) is 16.8 Å². The number of carbonyl (C=O) groups excluding carboxylic acids is 3. The Kier molecular flexibility index (Phi) is 6.17. The molecule has 1 heterocycles. The third kappa shape index (κ3) is 4.65. The topological polar surface area (TPSA) is 101 Å². The first-order chi connectivity index (χ1) is 9.45. The molecular weight excluding hydrogens is 278 g/mol. The molecule has 1 aromatic rings. The molecule has 20 heavy (non-hydrogen) atoms. The predicted octanol–water partition coefficient (Wildman–Crippen LogP) is 0.494. The number of nitrogens with one attached hydrogen (secondary N) is 2. The second kappa shape index (κ2) is 7.64. The molecule has 0 aliphatic rings. The highest BCUT2D eigenvalue weighted by atomic mass is 32.1. The first-order valence-electron chi connectivity index (χ1n) is 6.34. The molecule has 7 heteroatoms. The Balaban J connectivity index is 2.46. The van der Waals surface area contributed by atoms with Gasteiger partial charge in [-0.25, -0.2) is 0 Å². The summed E-state index contributed by atoms with van der Waals surface area (Å²) < 4.78 is 0. The minimum Gasteiger partial charge on any atom is -0.368 e. The molecule has 0 fully saturated rings.